The molecule has 0 N–H and O–H groups in total. The monoisotopic (exact) mass is 257 g/mol. The molecule has 2 aromatic rings. The molecule has 1 nitrogen and oxygen atoms in total. The number of rotatable bonds is 4. The van der Waals surface area contributed by atoms with E-state index in [1.54, 1.807) is 12.2 Å². The first-order valence-electron chi connectivity index (χ1n) is 6.34. The third-order valence-electron chi connectivity index (χ3n) is 3.02. The Morgan fingerprint density at radius 2 is 1.75 bits per heavy atom. The first-order valence-corrected chi connectivity index (χ1v) is 6.34. The van der Waals surface area contributed by atoms with Crippen LogP contribution >= 0.6 is 0 Å². The Kier molecular flexibility index (Phi) is 4.32. The number of hydrogen-bond donors (Lipinski definition) is 0. The van der Waals surface area contributed by atoms with E-state index in [9.17, 15) is 5.26 Å². The Hall–Kier alpha value is -2.85. The summed E-state index contributed by atoms with van der Waals surface area (Å²) in [6, 6.07) is 18.1. The van der Waals surface area contributed by atoms with Crippen LogP contribution in [0.15, 0.2) is 79.9 Å². The summed E-state index contributed by atoms with van der Waals surface area (Å²) in [4.78, 5) is 0. The van der Waals surface area contributed by atoms with Gasteiger partial charge in [0, 0.05) is 0 Å². The van der Waals surface area contributed by atoms with E-state index >= 15 is 0 Å². The highest BCUT2D eigenvalue weighted by Crippen LogP contribution is 2.26. The van der Waals surface area contributed by atoms with Crippen LogP contribution in [0.4, 0.5) is 0 Å². The molecule has 1 heteroatoms. The number of hydrogen-bond acceptors (Lipinski definition) is 1. The van der Waals surface area contributed by atoms with Crippen LogP contribution in [0.25, 0.3) is 16.7 Å². The van der Waals surface area contributed by atoms with Crippen LogP contribution < -0.4 is 0 Å². The molecule has 20 heavy (non-hydrogen) atoms. The van der Waals surface area contributed by atoms with Crippen LogP contribution in [0.1, 0.15) is 11.1 Å². The van der Waals surface area contributed by atoms with Crippen molar-refractivity contribution in [2.75, 3.05) is 0 Å². The molecule has 0 fully saturated rings. The van der Waals surface area contributed by atoms with Gasteiger partial charge < -0.3 is 0 Å². The summed E-state index contributed by atoms with van der Waals surface area (Å²) in [5.74, 6) is 0. The lowest BCUT2D eigenvalue weighted by atomic mass is 9.96. The van der Waals surface area contributed by atoms with Crippen molar-refractivity contribution in [2.45, 2.75) is 0 Å². The Bertz CT molecular complexity index is 700. The van der Waals surface area contributed by atoms with Gasteiger partial charge in [-0.15, -0.1) is 0 Å². The summed E-state index contributed by atoms with van der Waals surface area (Å²) in [7, 11) is 0. The first-order chi connectivity index (χ1) is 9.78. The van der Waals surface area contributed by atoms with Gasteiger partial charge in [-0.05, 0) is 40.5 Å². The van der Waals surface area contributed by atoms with Crippen molar-refractivity contribution in [3.8, 4) is 17.2 Å². The predicted octanol–water partition coefficient (Wildman–Crippen LogP) is 4.98. The lowest BCUT2D eigenvalue weighted by Gasteiger charge is -2.08. The summed E-state index contributed by atoms with van der Waals surface area (Å²) in [5, 5.41) is 9.20. The number of allylic oxidation sites excluding steroid dienone is 4. The van der Waals surface area contributed by atoms with Gasteiger partial charge in [-0.3, -0.25) is 0 Å². The molecule has 2 rings (SSSR count). The molecule has 0 atom stereocenters. The molecule has 0 aliphatic carbocycles. The molecule has 0 aliphatic heterocycles. The Morgan fingerprint density at radius 1 is 1.00 bits per heavy atom. The summed E-state index contributed by atoms with van der Waals surface area (Å²) in [6.07, 6.45) is 5.38. The van der Waals surface area contributed by atoms with E-state index in [1.165, 1.54) is 0 Å². The summed E-state index contributed by atoms with van der Waals surface area (Å²) in [6.45, 7) is 7.52. The summed E-state index contributed by atoms with van der Waals surface area (Å²) in [5.41, 5.74) is 4.68. The van der Waals surface area contributed by atoms with Crippen LogP contribution in [-0.2, 0) is 0 Å². The third kappa shape index (κ3) is 2.93. The molecule has 0 aliphatic rings. The quantitative estimate of drug-likeness (QED) is 0.708. The zero-order chi connectivity index (χ0) is 14.4. The van der Waals surface area contributed by atoms with Gasteiger partial charge in [0.2, 0.25) is 0 Å². The number of benzene rings is 2. The highest BCUT2D eigenvalue weighted by molar-refractivity contribution is 5.79. The molecule has 0 saturated heterocycles. The Labute approximate surface area is 119 Å². The average molecular weight is 257 g/mol. The van der Waals surface area contributed by atoms with Gasteiger partial charge in [-0.2, -0.15) is 5.26 Å². The zero-order valence-electron chi connectivity index (χ0n) is 11.2. The van der Waals surface area contributed by atoms with E-state index in [0.29, 0.717) is 5.56 Å². The zero-order valence-corrected chi connectivity index (χ0v) is 11.2. The molecular weight excluding hydrogens is 242 g/mol. The largest absolute Gasteiger partial charge is 0.192 e. The van der Waals surface area contributed by atoms with Gasteiger partial charge >= 0.3 is 0 Å². The molecule has 0 amide bonds. The molecule has 96 valence electrons. The molecule has 0 bridgehead atoms. The molecule has 0 unspecified atom stereocenters. The van der Waals surface area contributed by atoms with Gasteiger partial charge in [0.25, 0.3) is 0 Å². The van der Waals surface area contributed by atoms with Crippen LogP contribution in [0.5, 0.6) is 0 Å². The third-order valence-corrected chi connectivity index (χ3v) is 3.02. The van der Waals surface area contributed by atoms with E-state index < -0.39 is 0 Å². The van der Waals surface area contributed by atoms with E-state index in [0.717, 1.165) is 22.3 Å². The topological polar surface area (TPSA) is 23.8 Å². The van der Waals surface area contributed by atoms with Crippen LogP contribution in [0.3, 0.4) is 0 Å². The maximum Gasteiger partial charge on any atom is 0.0992 e. The van der Waals surface area contributed by atoms with Crippen molar-refractivity contribution in [2.24, 2.45) is 0 Å². The van der Waals surface area contributed by atoms with E-state index in [4.69, 9.17) is 0 Å². The highest BCUT2D eigenvalue weighted by atomic mass is 14.2. The van der Waals surface area contributed by atoms with Crippen molar-refractivity contribution in [3.05, 3.63) is 91.0 Å². The minimum atomic E-state index is 0.637. The highest BCUT2D eigenvalue weighted by Gasteiger charge is 2.05. The van der Waals surface area contributed by atoms with Crippen molar-refractivity contribution in [1.29, 1.82) is 5.26 Å². The fourth-order valence-corrected chi connectivity index (χ4v) is 2.07. The lowest BCUT2D eigenvalue weighted by molar-refractivity contribution is 1.47. The molecule has 2 aromatic carbocycles. The molecule has 0 radical (unpaired) electrons. The van der Waals surface area contributed by atoms with E-state index in [-0.39, 0.29) is 0 Å². The lowest BCUT2D eigenvalue weighted by Crippen LogP contribution is -1.87. The maximum atomic E-state index is 9.20. The van der Waals surface area contributed by atoms with Gasteiger partial charge in [0.1, 0.15) is 0 Å². The maximum absolute atomic E-state index is 9.20. The fraction of sp³-hybridized carbons (Fsp3) is 0. The molecule has 0 aromatic heterocycles. The normalized spacial score (nSPS) is 10.7. The van der Waals surface area contributed by atoms with Gasteiger partial charge in [-0.1, -0.05) is 61.7 Å². The Balaban J connectivity index is 2.61. The number of nitrogens with zero attached hydrogens (tertiary/aromatic N) is 1. The SMILES string of the molecule is C=C/C=C(\C=C)c1cc(C#N)cc(-c2ccccc2)c1. The van der Waals surface area contributed by atoms with Crippen LogP contribution in [0.2, 0.25) is 0 Å². The molecule has 0 spiro atoms. The molecular formula is C19H15N. The molecule has 0 heterocycles. The average Bonchev–Trinajstić information content (AvgIpc) is 2.53. The van der Waals surface area contributed by atoms with Crippen molar-refractivity contribution >= 4 is 5.57 Å². The number of nitriles is 1. The van der Waals surface area contributed by atoms with Crippen molar-refractivity contribution in [3.63, 3.8) is 0 Å². The minimum Gasteiger partial charge on any atom is -0.192 e. The second kappa shape index (κ2) is 6.36. The van der Waals surface area contributed by atoms with Crippen molar-refractivity contribution in [1.82, 2.24) is 0 Å². The minimum absolute atomic E-state index is 0.637. The predicted molar refractivity (Wildman–Crippen MR) is 85.0 cm³/mol. The van der Waals surface area contributed by atoms with E-state index in [1.807, 2.05) is 48.5 Å². The smallest absolute Gasteiger partial charge is 0.0992 e. The second-order valence-corrected chi connectivity index (χ2v) is 4.34. The Morgan fingerprint density at radius 3 is 2.35 bits per heavy atom. The second-order valence-electron chi connectivity index (χ2n) is 4.34. The fourth-order valence-electron chi connectivity index (χ4n) is 2.07. The van der Waals surface area contributed by atoms with Gasteiger partial charge in [0.15, 0.2) is 0 Å². The first kappa shape index (κ1) is 13.6. The van der Waals surface area contributed by atoms with E-state index in [2.05, 4.69) is 25.3 Å². The van der Waals surface area contributed by atoms with Gasteiger partial charge in [-0.25, -0.2) is 0 Å². The standard InChI is InChI=1S/C19H15N/c1-3-8-16(4-2)18-11-15(14-20)12-19(13-18)17-9-6-5-7-10-17/h3-13H,1-2H2/b16-8+. The van der Waals surface area contributed by atoms with Crippen LogP contribution in [-0.4, -0.2) is 0 Å². The van der Waals surface area contributed by atoms with Crippen molar-refractivity contribution < 1.29 is 0 Å². The van der Waals surface area contributed by atoms with Gasteiger partial charge in [0.05, 0.1) is 11.6 Å². The molecule has 0 saturated carbocycles. The van der Waals surface area contributed by atoms with Crippen LogP contribution in [0, 0.1) is 11.3 Å². The summed E-state index contributed by atoms with van der Waals surface area (Å²) >= 11 is 0. The summed E-state index contributed by atoms with van der Waals surface area (Å²) < 4.78 is 0.